The van der Waals surface area contributed by atoms with Crippen LogP contribution in [-0.2, 0) is 19.0 Å². The Morgan fingerprint density at radius 2 is 1.79 bits per heavy atom. The van der Waals surface area contributed by atoms with Crippen molar-refractivity contribution in [2.45, 2.75) is 52.1 Å². The molecule has 1 aliphatic rings. The molecule has 0 N–H and O–H groups in total. The number of ether oxygens (including phenoxy) is 1. The number of amides is 1. The summed E-state index contributed by atoms with van der Waals surface area (Å²) in [5.74, 6) is 6.58. The van der Waals surface area contributed by atoms with E-state index in [1.54, 1.807) is 11.9 Å². The van der Waals surface area contributed by atoms with Crippen LogP contribution in [0.4, 0.5) is 4.79 Å². The fraction of sp³-hybridized carbons (Fsp3) is 0.824. The van der Waals surface area contributed by atoms with Crippen molar-refractivity contribution in [1.29, 1.82) is 0 Å². The van der Waals surface area contributed by atoms with Gasteiger partial charge in [-0.2, -0.15) is 8.42 Å². The minimum Gasteiger partial charge on any atom is -0.444 e. The topological polar surface area (TPSA) is 72.9 Å². The summed E-state index contributed by atoms with van der Waals surface area (Å²) < 4.78 is 31.6. The van der Waals surface area contributed by atoms with Crippen LogP contribution >= 0.6 is 0 Å². The van der Waals surface area contributed by atoms with Crippen LogP contribution < -0.4 is 0 Å². The fourth-order valence-electron chi connectivity index (χ4n) is 2.61. The highest BCUT2D eigenvalue weighted by molar-refractivity contribution is 7.86. The van der Waals surface area contributed by atoms with Crippen LogP contribution in [0.25, 0.3) is 0 Å². The summed E-state index contributed by atoms with van der Waals surface area (Å²) in [7, 11) is -1.66. The maximum Gasteiger partial charge on any atom is 0.410 e. The molecule has 6 nitrogen and oxygen atoms in total. The summed E-state index contributed by atoms with van der Waals surface area (Å²) in [6, 6.07) is 0. The lowest BCUT2D eigenvalue weighted by atomic mass is 9.82. The number of carbonyl (C=O) groups is 1. The van der Waals surface area contributed by atoms with Crippen molar-refractivity contribution in [3.63, 3.8) is 0 Å². The van der Waals surface area contributed by atoms with Crippen molar-refractivity contribution >= 4 is 16.2 Å². The lowest BCUT2D eigenvalue weighted by molar-refractivity contribution is 0.0260. The summed E-state index contributed by atoms with van der Waals surface area (Å²) >= 11 is 0. The van der Waals surface area contributed by atoms with Crippen LogP contribution in [0.3, 0.4) is 0 Å². The lowest BCUT2D eigenvalue weighted by Gasteiger charge is -2.30. The first-order valence-corrected chi connectivity index (χ1v) is 10.0. The molecular formula is C17H29NO5S. The molecule has 0 bridgehead atoms. The zero-order valence-corrected chi connectivity index (χ0v) is 16.1. The molecule has 0 aliphatic heterocycles. The van der Waals surface area contributed by atoms with Crippen LogP contribution in [0.15, 0.2) is 0 Å². The zero-order valence-electron chi connectivity index (χ0n) is 15.3. The summed E-state index contributed by atoms with van der Waals surface area (Å²) in [5.41, 5.74) is -0.480. The number of nitrogens with zero attached hydrogens (tertiary/aromatic N) is 1. The molecule has 0 unspecified atom stereocenters. The molecule has 0 radical (unpaired) electrons. The van der Waals surface area contributed by atoms with Gasteiger partial charge in [0.05, 0.1) is 6.26 Å². The SMILES string of the molecule is CN(CC1CCC(C#CCOS(C)(=O)=O)CC1)C(=O)OC(C)(C)C. The van der Waals surface area contributed by atoms with Gasteiger partial charge in [0.2, 0.25) is 0 Å². The largest absolute Gasteiger partial charge is 0.444 e. The van der Waals surface area contributed by atoms with Gasteiger partial charge in [-0.3, -0.25) is 4.18 Å². The van der Waals surface area contributed by atoms with E-state index < -0.39 is 15.7 Å². The van der Waals surface area contributed by atoms with E-state index in [0.717, 1.165) is 31.9 Å². The molecule has 0 aromatic carbocycles. The Morgan fingerprint density at radius 1 is 1.21 bits per heavy atom. The van der Waals surface area contributed by atoms with Gasteiger partial charge in [0, 0.05) is 19.5 Å². The van der Waals surface area contributed by atoms with Gasteiger partial charge in [-0.1, -0.05) is 11.8 Å². The third-order valence-electron chi connectivity index (χ3n) is 3.74. The quantitative estimate of drug-likeness (QED) is 0.570. The Labute approximate surface area is 146 Å². The highest BCUT2D eigenvalue weighted by Gasteiger charge is 2.25. The Morgan fingerprint density at radius 3 is 2.29 bits per heavy atom. The van der Waals surface area contributed by atoms with Crippen molar-refractivity contribution < 1.29 is 22.1 Å². The van der Waals surface area contributed by atoms with Gasteiger partial charge in [-0.25, -0.2) is 4.79 Å². The minimum atomic E-state index is -3.42. The normalized spacial score (nSPS) is 21.5. The van der Waals surface area contributed by atoms with Gasteiger partial charge in [0.15, 0.2) is 0 Å². The second-order valence-corrected chi connectivity index (χ2v) is 9.01. The minimum absolute atomic E-state index is 0.0832. The van der Waals surface area contributed by atoms with Gasteiger partial charge < -0.3 is 9.64 Å². The van der Waals surface area contributed by atoms with Crippen LogP contribution in [0, 0.1) is 23.7 Å². The summed E-state index contributed by atoms with van der Waals surface area (Å²) in [5, 5.41) is 0. The molecule has 0 atom stereocenters. The molecule has 1 saturated carbocycles. The summed E-state index contributed by atoms with van der Waals surface area (Å²) in [6.07, 6.45) is 4.64. The maximum absolute atomic E-state index is 12.0. The van der Waals surface area contributed by atoms with E-state index in [2.05, 4.69) is 16.0 Å². The summed E-state index contributed by atoms with van der Waals surface area (Å²) in [4.78, 5) is 13.6. The number of hydrogen-bond donors (Lipinski definition) is 0. The second-order valence-electron chi connectivity index (χ2n) is 7.37. The summed E-state index contributed by atoms with van der Waals surface area (Å²) in [6.45, 7) is 6.18. The number of rotatable bonds is 4. The van der Waals surface area contributed by atoms with E-state index in [0.29, 0.717) is 12.5 Å². The van der Waals surface area contributed by atoms with E-state index in [-0.39, 0.29) is 18.6 Å². The first-order chi connectivity index (χ1) is 11.0. The molecule has 1 fully saturated rings. The number of hydrogen-bond acceptors (Lipinski definition) is 5. The van der Waals surface area contributed by atoms with Crippen molar-refractivity contribution in [3.8, 4) is 11.8 Å². The average Bonchev–Trinajstić information content (AvgIpc) is 2.42. The molecule has 1 aliphatic carbocycles. The van der Waals surface area contributed by atoms with Gasteiger partial charge in [0.1, 0.15) is 12.2 Å². The smallest absolute Gasteiger partial charge is 0.410 e. The fourth-order valence-corrected chi connectivity index (χ4v) is 2.89. The Kier molecular flexibility index (Phi) is 7.56. The standard InChI is InChI=1S/C17H29NO5S/c1-17(2,3)23-16(19)18(4)13-15-10-8-14(9-11-15)7-6-12-22-24(5,20)21/h14-15H,8-13H2,1-5H3. The number of carbonyl (C=O) groups excluding carboxylic acids is 1. The third kappa shape index (κ3) is 9.14. The highest BCUT2D eigenvalue weighted by Crippen LogP contribution is 2.29. The molecule has 24 heavy (non-hydrogen) atoms. The van der Waals surface area contributed by atoms with Gasteiger partial charge in [-0.15, -0.1) is 0 Å². The predicted molar refractivity (Wildman–Crippen MR) is 92.9 cm³/mol. The Balaban J connectivity index is 2.33. The van der Waals surface area contributed by atoms with E-state index >= 15 is 0 Å². The van der Waals surface area contributed by atoms with Crippen LogP contribution in [-0.4, -0.2) is 51.5 Å². The van der Waals surface area contributed by atoms with E-state index in [1.165, 1.54) is 0 Å². The van der Waals surface area contributed by atoms with E-state index in [4.69, 9.17) is 4.74 Å². The molecule has 7 heteroatoms. The Bertz CT molecular complexity index is 574. The van der Waals surface area contributed by atoms with Crippen LogP contribution in [0.5, 0.6) is 0 Å². The molecule has 0 aromatic rings. The third-order valence-corrected chi connectivity index (χ3v) is 4.28. The molecule has 0 aromatic heterocycles. The molecule has 0 heterocycles. The second kappa shape index (κ2) is 8.72. The lowest BCUT2D eigenvalue weighted by Crippen LogP contribution is -2.37. The van der Waals surface area contributed by atoms with Crippen molar-refractivity contribution in [3.05, 3.63) is 0 Å². The van der Waals surface area contributed by atoms with Crippen LogP contribution in [0.2, 0.25) is 0 Å². The molecule has 0 saturated heterocycles. The van der Waals surface area contributed by atoms with Crippen molar-refractivity contribution in [2.24, 2.45) is 11.8 Å². The van der Waals surface area contributed by atoms with Gasteiger partial charge >= 0.3 is 6.09 Å². The monoisotopic (exact) mass is 359 g/mol. The molecule has 138 valence electrons. The molecule has 1 amide bonds. The predicted octanol–water partition coefficient (Wildman–Crippen LogP) is 2.64. The van der Waals surface area contributed by atoms with E-state index in [1.807, 2.05) is 20.8 Å². The van der Waals surface area contributed by atoms with Crippen LogP contribution in [0.1, 0.15) is 46.5 Å². The van der Waals surface area contributed by atoms with Gasteiger partial charge in [-0.05, 0) is 52.4 Å². The molecule has 0 spiro atoms. The Hall–Kier alpha value is -1.26. The van der Waals surface area contributed by atoms with Crippen molar-refractivity contribution in [2.75, 3.05) is 26.5 Å². The highest BCUT2D eigenvalue weighted by atomic mass is 32.2. The average molecular weight is 359 g/mol. The van der Waals surface area contributed by atoms with Gasteiger partial charge in [0.25, 0.3) is 10.1 Å². The first kappa shape index (κ1) is 20.8. The maximum atomic E-state index is 12.0. The zero-order chi connectivity index (χ0) is 18.4. The first-order valence-electron chi connectivity index (χ1n) is 8.23. The van der Waals surface area contributed by atoms with Crippen molar-refractivity contribution in [1.82, 2.24) is 4.90 Å². The molecular weight excluding hydrogens is 330 g/mol. The molecule has 1 rings (SSSR count). The van der Waals surface area contributed by atoms with E-state index in [9.17, 15) is 13.2 Å².